The number of aromatic nitrogens is 2. The van der Waals surface area contributed by atoms with Crippen LogP contribution in [0.3, 0.4) is 0 Å². The van der Waals surface area contributed by atoms with Crippen LogP contribution in [0.15, 0.2) is 12.3 Å². The summed E-state index contributed by atoms with van der Waals surface area (Å²) < 4.78 is 0. The number of rotatable bonds is 5. The van der Waals surface area contributed by atoms with E-state index in [-0.39, 0.29) is 11.9 Å². The Hall–Kier alpha value is -2.36. The standard InChI is InChI=1S/C12H18N6O/c1-4-14-12(19)17-18(8-9(2)3)11-5-6-15-10(7-13)16-11/h5-6,9H,4,8H2,1-3H3,(H2,14,17,19). The van der Waals surface area contributed by atoms with Crippen molar-refractivity contribution >= 4 is 11.8 Å². The first kappa shape index (κ1) is 14.7. The molecule has 0 spiro atoms. The van der Waals surface area contributed by atoms with Gasteiger partial charge >= 0.3 is 6.03 Å². The number of carbonyl (C=O) groups excluding carboxylic acids is 1. The minimum atomic E-state index is -0.305. The highest BCUT2D eigenvalue weighted by Crippen LogP contribution is 2.09. The van der Waals surface area contributed by atoms with Crippen LogP contribution in [0.5, 0.6) is 0 Å². The average molecular weight is 262 g/mol. The average Bonchev–Trinajstić information content (AvgIpc) is 2.38. The Bertz CT molecular complexity index is 468. The zero-order valence-corrected chi connectivity index (χ0v) is 11.3. The Labute approximate surface area is 112 Å². The number of hydrogen-bond donors (Lipinski definition) is 2. The van der Waals surface area contributed by atoms with Gasteiger partial charge in [-0.15, -0.1) is 0 Å². The number of amides is 2. The van der Waals surface area contributed by atoms with E-state index in [0.717, 1.165) is 0 Å². The van der Waals surface area contributed by atoms with Gasteiger partial charge in [0.05, 0.1) is 0 Å². The third-order valence-corrected chi connectivity index (χ3v) is 2.14. The molecule has 1 rings (SSSR count). The van der Waals surface area contributed by atoms with Gasteiger partial charge in [0.1, 0.15) is 6.07 Å². The van der Waals surface area contributed by atoms with Gasteiger partial charge in [-0.2, -0.15) is 10.2 Å². The minimum Gasteiger partial charge on any atom is -0.337 e. The van der Waals surface area contributed by atoms with Crippen molar-refractivity contribution < 1.29 is 4.79 Å². The van der Waals surface area contributed by atoms with E-state index < -0.39 is 0 Å². The van der Waals surface area contributed by atoms with Crippen molar-refractivity contribution in [1.82, 2.24) is 20.7 Å². The van der Waals surface area contributed by atoms with E-state index in [0.29, 0.717) is 24.8 Å². The summed E-state index contributed by atoms with van der Waals surface area (Å²) in [4.78, 5) is 19.5. The number of anilines is 1. The molecule has 7 nitrogen and oxygen atoms in total. The summed E-state index contributed by atoms with van der Waals surface area (Å²) in [6.07, 6.45) is 1.49. The summed E-state index contributed by atoms with van der Waals surface area (Å²) in [5.41, 5.74) is 2.70. The Balaban J connectivity index is 2.89. The Morgan fingerprint density at radius 3 is 2.89 bits per heavy atom. The summed E-state index contributed by atoms with van der Waals surface area (Å²) >= 11 is 0. The van der Waals surface area contributed by atoms with E-state index in [4.69, 9.17) is 5.26 Å². The third-order valence-electron chi connectivity index (χ3n) is 2.14. The molecule has 0 radical (unpaired) electrons. The second-order valence-electron chi connectivity index (χ2n) is 4.33. The maximum absolute atomic E-state index is 11.6. The van der Waals surface area contributed by atoms with Crippen molar-refractivity contribution in [2.45, 2.75) is 20.8 Å². The summed E-state index contributed by atoms with van der Waals surface area (Å²) in [6, 6.07) is 3.22. The number of nitriles is 1. The van der Waals surface area contributed by atoms with Gasteiger partial charge in [-0.05, 0) is 12.8 Å². The highest BCUT2D eigenvalue weighted by molar-refractivity contribution is 5.75. The summed E-state index contributed by atoms with van der Waals surface area (Å²) in [7, 11) is 0. The quantitative estimate of drug-likeness (QED) is 0.773. The van der Waals surface area contributed by atoms with Gasteiger partial charge in [0, 0.05) is 25.4 Å². The fourth-order valence-corrected chi connectivity index (χ4v) is 1.44. The number of nitrogens with zero attached hydrogens (tertiary/aromatic N) is 4. The molecule has 1 heterocycles. The maximum atomic E-state index is 11.6. The topological polar surface area (TPSA) is 93.9 Å². The van der Waals surface area contributed by atoms with Gasteiger partial charge in [0.2, 0.25) is 5.82 Å². The molecule has 2 N–H and O–H groups in total. The first-order valence-corrected chi connectivity index (χ1v) is 6.12. The summed E-state index contributed by atoms with van der Waals surface area (Å²) in [5.74, 6) is 0.887. The van der Waals surface area contributed by atoms with Crippen LogP contribution < -0.4 is 15.8 Å². The number of hydrazine groups is 1. The number of urea groups is 1. The van der Waals surface area contributed by atoms with Crippen LogP contribution in [0.4, 0.5) is 10.6 Å². The van der Waals surface area contributed by atoms with Gasteiger partial charge in [0.25, 0.3) is 0 Å². The molecular formula is C12H18N6O. The second kappa shape index (κ2) is 7.16. The summed E-state index contributed by atoms with van der Waals surface area (Å²) in [5, 5.41) is 13.1. The van der Waals surface area contributed by atoms with Crippen molar-refractivity contribution in [3.05, 3.63) is 18.1 Å². The molecule has 1 aromatic rings. The lowest BCUT2D eigenvalue weighted by Crippen LogP contribution is -2.49. The van der Waals surface area contributed by atoms with Crippen molar-refractivity contribution in [1.29, 1.82) is 5.26 Å². The van der Waals surface area contributed by atoms with Crippen molar-refractivity contribution in [2.24, 2.45) is 5.92 Å². The van der Waals surface area contributed by atoms with Crippen molar-refractivity contribution in [2.75, 3.05) is 18.1 Å². The first-order valence-electron chi connectivity index (χ1n) is 6.12. The largest absolute Gasteiger partial charge is 0.337 e. The lowest BCUT2D eigenvalue weighted by Gasteiger charge is -2.25. The molecule has 102 valence electrons. The van der Waals surface area contributed by atoms with Crippen LogP contribution in [-0.2, 0) is 0 Å². The number of hydrogen-bond acceptors (Lipinski definition) is 5. The van der Waals surface area contributed by atoms with Gasteiger partial charge in [0.15, 0.2) is 5.82 Å². The van der Waals surface area contributed by atoms with Crippen LogP contribution in [0, 0.1) is 17.2 Å². The summed E-state index contributed by atoms with van der Waals surface area (Å²) in [6.45, 7) is 7.01. The van der Waals surface area contributed by atoms with Gasteiger partial charge in [-0.25, -0.2) is 15.2 Å². The van der Waals surface area contributed by atoms with E-state index in [2.05, 4.69) is 20.7 Å². The van der Waals surface area contributed by atoms with E-state index in [1.54, 1.807) is 11.1 Å². The molecule has 7 heteroatoms. The molecule has 0 bridgehead atoms. The highest BCUT2D eigenvalue weighted by Gasteiger charge is 2.13. The minimum absolute atomic E-state index is 0.0731. The molecule has 0 aliphatic carbocycles. The Morgan fingerprint density at radius 2 is 2.32 bits per heavy atom. The van der Waals surface area contributed by atoms with Gasteiger partial charge < -0.3 is 5.32 Å². The van der Waals surface area contributed by atoms with Crippen molar-refractivity contribution in [3.63, 3.8) is 0 Å². The molecule has 0 saturated carbocycles. The molecule has 0 fully saturated rings. The lowest BCUT2D eigenvalue weighted by molar-refractivity contribution is 0.240. The fourth-order valence-electron chi connectivity index (χ4n) is 1.44. The Morgan fingerprint density at radius 1 is 1.58 bits per heavy atom. The smallest absolute Gasteiger partial charge is 0.333 e. The van der Waals surface area contributed by atoms with Crippen LogP contribution in [-0.4, -0.2) is 29.1 Å². The Kier molecular flexibility index (Phi) is 5.54. The molecule has 0 aromatic carbocycles. The number of nitrogens with one attached hydrogen (secondary N) is 2. The second-order valence-corrected chi connectivity index (χ2v) is 4.33. The monoisotopic (exact) mass is 262 g/mol. The zero-order chi connectivity index (χ0) is 14.3. The third kappa shape index (κ3) is 4.79. The maximum Gasteiger partial charge on any atom is 0.333 e. The molecular weight excluding hydrogens is 244 g/mol. The molecule has 0 saturated heterocycles. The van der Waals surface area contributed by atoms with Crippen LogP contribution in [0.2, 0.25) is 0 Å². The lowest BCUT2D eigenvalue weighted by atomic mass is 10.2. The molecule has 19 heavy (non-hydrogen) atoms. The van der Waals surface area contributed by atoms with E-state index in [1.807, 2.05) is 26.8 Å². The molecule has 2 amide bonds. The first-order chi connectivity index (χ1) is 9.06. The molecule has 1 aromatic heterocycles. The zero-order valence-electron chi connectivity index (χ0n) is 11.3. The predicted octanol–water partition coefficient (Wildman–Crippen LogP) is 1.04. The molecule has 0 atom stereocenters. The number of carbonyl (C=O) groups is 1. The SMILES string of the molecule is CCNC(=O)NN(CC(C)C)c1ccnc(C#N)n1. The van der Waals surface area contributed by atoms with Crippen LogP contribution >= 0.6 is 0 Å². The molecule has 0 aliphatic rings. The molecule has 0 aliphatic heterocycles. The van der Waals surface area contributed by atoms with Crippen LogP contribution in [0.1, 0.15) is 26.6 Å². The normalized spacial score (nSPS) is 9.84. The van der Waals surface area contributed by atoms with E-state index in [9.17, 15) is 4.79 Å². The fraction of sp³-hybridized carbons (Fsp3) is 0.500. The highest BCUT2D eigenvalue weighted by atomic mass is 16.2. The predicted molar refractivity (Wildman–Crippen MR) is 71.1 cm³/mol. The molecule has 0 unspecified atom stereocenters. The van der Waals surface area contributed by atoms with E-state index in [1.165, 1.54) is 6.20 Å². The van der Waals surface area contributed by atoms with Gasteiger partial charge in [-0.3, -0.25) is 5.01 Å². The van der Waals surface area contributed by atoms with Crippen LogP contribution in [0.25, 0.3) is 0 Å². The van der Waals surface area contributed by atoms with Crippen molar-refractivity contribution in [3.8, 4) is 6.07 Å². The van der Waals surface area contributed by atoms with E-state index >= 15 is 0 Å². The van der Waals surface area contributed by atoms with Gasteiger partial charge in [-0.1, -0.05) is 13.8 Å².